The Morgan fingerprint density at radius 2 is 1.79 bits per heavy atom. The molecule has 0 atom stereocenters. The number of ether oxygens (including phenoxy) is 1. The van der Waals surface area contributed by atoms with E-state index in [4.69, 9.17) is 16.3 Å². The number of halogens is 1. The minimum Gasteiger partial charge on any atom is -0.485 e. The van der Waals surface area contributed by atoms with Gasteiger partial charge in [-0.15, -0.1) is 10.2 Å². The second-order valence-corrected chi connectivity index (χ2v) is 8.60. The van der Waals surface area contributed by atoms with E-state index in [1.165, 1.54) is 16.9 Å². The number of rotatable bonds is 5. The van der Waals surface area contributed by atoms with Gasteiger partial charge in [-0.2, -0.15) is 0 Å². The Morgan fingerprint density at radius 3 is 2.46 bits per heavy atom. The third-order valence-electron chi connectivity index (χ3n) is 3.88. The van der Waals surface area contributed by atoms with E-state index in [1.54, 1.807) is 12.1 Å². The van der Waals surface area contributed by atoms with E-state index in [0.717, 1.165) is 0 Å². The van der Waals surface area contributed by atoms with Crippen LogP contribution in [-0.4, -0.2) is 16.2 Å². The number of nitrogens with zero attached hydrogens (tertiary/aromatic N) is 2. The Labute approximate surface area is 172 Å². The van der Waals surface area contributed by atoms with Gasteiger partial charge < -0.3 is 10.1 Å². The first-order valence-electron chi connectivity index (χ1n) is 8.69. The molecular formula is C20H21ClN4O2S. The summed E-state index contributed by atoms with van der Waals surface area (Å²) in [6.07, 6.45) is 0. The second kappa shape index (κ2) is 8.58. The molecule has 1 heterocycles. The monoisotopic (exact) mass is 416 g/mol. The standard InChI is InChI=1S/C20H21ClN4O2S/c1-20(2,3)13-8-10-14(11-9-13)22-18(26)23-19-25-24-17(28-19)12-27-16-7-5-4-6-15(16)21/h4-11H,12H2,1-3H3,(H2,22,23,25,26). The van der Waals surface area contributed by atoms with Gasteiger partial charge in [0.1, 0.15) is 12.4 Å². The largest absolute Gasteiger partial charge is 0.485 e. The van der Waals surface area contributed by atoms with Crippen LogP contribution in [0.4, 0.5) is 15.6 Å². The van der Waals surface area contributed by atoms with E-state index in [2.05, 4.69) is 41.6 Å². The van der Waals surface area contributed by atoms with Gasteiger partial charge in [-0.1, -0.05) is 68.0 Å². The maximum atomic E-state index is 12.2. The average Bonchev–Trinajstić information content (AvgIpc) is 3.08. The summed E-state index contributed by atoms with van der Waals surface area (Å²) in [7, 11) is 0. The first kappa shape index (κ1) is 20.1. The van der Waals surface area contributed by atoms with Gasteiger partial charge in [0.05, 0.1) is 5.02 Å². The van der Waals surface area contributed by atoms with Gasteiger partial charge in [-0.05, 0) is 35.2 Å². The predicted octanol–water partition coefficient (Wildman–Crippen LogP) is 5.71. The van der Waals surface area contributed by atoms with E-state index >= 15 is 0 Å². The molecule has 0 bridgehead atoms. The van der Waals surface area contributed by atoms with Crippen LogP contribution in [0.15, 0.2) is 48.5 Å². The van der Waals surface area contributed by atoms with Crippen LogP contribution in [0.3, 0.4) is 0 Å². The normalized spacial score (nSPS) is 11.1. The number of aromatic nitrogens is 2. The number of carbonyl (C=O) groups is 1. The highest BCUT2D eigenvalue weighted by Crippen LogP contribution is 2.26. The Balaban J connectivity index is 1.53. The SMILES string of the molecule is CC(C)(C)c1ccc(NC(=O)Nc2nnc(COc3ccccc3Cl)s2)cc1. The van der Waals surface area contributed by atoms with Gasteiger partial charge in [0, 0.05) is 5.69 Å². The molecule has 2 amide bonds. The number of amides is 2. The summed E-state index contributed by atoms with van der Waals surface area (Å²) >= 11 is 7.29. The first-order valence-corrected chi connectivity index (χ1v) is 9.89. The third kappa shape index (κ3) is 5.43. The van der Waals surface area contributed by atoms with Crippen molar-refractivity contribution >= 4 is 39.8 Å². The summed E-state index contributed by atoms with van der Waals surface area (Å²) in [6.45, 7) is 6.65. The molecule has 2 aromatic carbocycles. The number of nitrogens with one attached hydrogen (secondary N) is 2. The summed E-state index contributed by atoms with van der Waals surface area (Å²) in [5.41, 5.74) is 1.97. The molecule has 146 valence electrons. The number of para-hydroxylation sites is 1. The van der Waals surface area contributed by atoms with E-state index in [1.807, 2.05) is 36.4 Å². The van der Waals surface area contributed by atoms with Crippen LogP contribution in [0.5, 0.6) is 5.75 Å². The van der Waals surface area contributed by atoms with Crippen molar-refractivity contribution in [2.45, 2.75) is 32.8 Å². The van der Waals surface area contributed by atoms with E-state index in [9.17, 15) is 4.79 Å². The highest BCUT2D eigenvalue weighted by Gasteiger charge is 2.14. The molecule has 1 aromatic heterocycles. The fourth-order valence-corrected chi connectivity index (χ4v) is 3.22. The molecule has 0 unspecified atom stereocenters. The lowest BCUT2D eigenvalue weighted by atomic mass is 9.87. The quantitative estimate of drug-likeness (QED) is 0.558. The van der Waals surface area contributed by atoms with Crippen molar-refractivity contribution in [3.05, 3.63) is 64.1 Å². The average molecular weight is 417 g/mol. The zero-order chi connectivity index (χ0) is 20.1. The fraction of sp³-hybridized carbons (Fsp3) is 0.250. The summed E-state index contributed by atoms with van der Waals surface area (Å²) in [6, 6.07) is 14.6. The molecule has 0 saturated carbocycles. The van der Waals surface area contributed by atoms with Crippen LogP contribution in [0.25, 0.3) is 0 Å². The molecule has 28 heavy (non-hydrogen) atoms. The van der Waals surface area contributed by atoms with E-state index < -0.39 is 0 Å². The van der Waals surface area contributed by atoms with Gasteiger partial charge in [-0.3, -0.25) is 5.32 Å². The van der Waals surface area contributed by atoms with E-state index in [-0.39, 0.29) is 18.1 Å². The Kier molecular flexibility index (Phi) is 6.16. The molecule has 0 aliphatic carbocycles. The molecular weight excluding hydrogens is 396 g/mol. The number of urea groups is 1. The van der Waals surface area contributed by atoms with Gasteiger partial charge in [0.25, 0.3) is 0 Å². The van der Waals surface area contributed by atoms with Crippen LogP contribution in [0.1, 0.15) is 31.3 Å². The van der Waals surface area contributed by atoms with Gasteiger partial charge in [0.2, 0.25) is 5.13 Å². The summed E-state index contributed by atoms with van der Waals surface area (Å²) < 4.78 is 5.62. The topological polar surface area (TPSA) is 76.1 Å². The lowest BCUT2D eigenvalue weighted by Gasteiger charge is -2.19. The van der Waals surface area contributed by atoms with Crippen molar-refractivity contribution in [3.8, 4) is 5.75 Å². The summed E-state index contributed by atoms with van der Waals surface area (Å²) in [5.74, 6) is 0.574. The van der Waals surface area contributed by atoms with Crippen LogP contribution >= 0.6 is 22.9 Å². The van der Waals surface area contributed by atoms with Crippen molar-refractivity contribution < 1.29 is 9.53 Å². The Morgan fingerprint density at radius 1 is 1.07 bits per heavy atom. The van der Waals surface area contributed by atoms with Gasteiger partial charge in [0.15, 0.2) is 5.01 Å². The van der Waals surface area contributed by atoms with Crippen molar-refractivity contribution in [1.82, 2.24) is 10.2 Å². The minimum atomic E-state index is -0.377. The molecule has 0 spiro atoms. The first-order chi connectivity index (χ1) is 13.3. The summed E-state index contributed by atoms with van der Waals surface area (Å²) in [5, 5.41) is 15.0. The molecule has 0 aliphatic rings. The minimum absolute atomic E-state index is 0.0653. The number of anilines is 2. The molecule has 0 fully saturated rings. The van der Waals surface area contributed by atoms with Gasteiger partial charge >= 0.3 is 6.03 Å². The Bertz CT molecular complexity index is 951. The molecule has 3 rings (SSSR count). The molecule has 3 aromatic rings. The lowest BCUT2D eigenvalue weighted by molar-refractivity contribution is 0.262. The zero-order valence-corrected chi connectivity index (χ0v) is 17.4. The molecule has 0 aliphatic heterocycles. The number of hydrogen-bond acceptors (Lipinski definition) is 5. The van der Waals surface area contributed by atoms with E-state index in [0.29, 0.717) is 26.6 Å². The highest BCUT2D eigenvalue weighted by molar-refractivity contribution is 7.15. The maximum Gasteiger partial charge on any atom is 0.325 e. The lowest BCUT2D eigenvalue weighted by Crippen LogP contribution is -2.19. The van der Waals surface area contributed by atoms with Crippen LogP contribution in [-0.2, 0) is 12.0 Å². The van der Waals surface area contributed by atoms with Crippen LogP contribution in [0.2, 0.25) is 5.02 Å². The third-order valence-corrected chi connectivity index (χ3v) is 5.01. The number of hydrogen-bond donors (Lipinski definition) is 2. The smallest absolute Gasteiger partial charge is 0.325 e. The highest BCUT2D eigenvalue weighted by atomic mass is 35.5. The van der Waals surface area contributed by atoms with Crippen molar-refractivity contribution in [2.24, 2.45) is 0 Å². The van der Waals surface area contributed by atoms with Crippen LogP contribution in [0, 0.1) is 0 Å². The van der Waals surface area contributed by atoms with Gasteiger partial charge in [-0.25, -0.2) is 4.79 Å². The van der Waals surface area contributed by atoms with Crippen molar-refractivity contribution in [2.75, 3.05) is 10.6 Å². The van der Waals surface area contributed by atoms with Crippen LogP contribution < -0.4 is 15.4 Å². The molecule has 6 nitrogen and oxygen atoms in total. The summed E-state index contributed by atoms with van der Waals surface area (Å²) in [4.78, 5) is 12.2. The molecule has 2 N–H and O–H groups in total. The maximum absolute atomic E-state index is 12.2. The second-order valence-electron chi connectivity index (χ2n) is 7.13. The Hall–Kier alpha value is -2.64. The number of benzene rings is 2. The predicted molar refractivity (Wildman–Crippen MR) is 113 cm³/mol. The molecule has 0 radical (unpaired) electrons. The molecule has 8 heteroatoms. The zero-order valence-electron chi connectivity index (χ0n) is 15.8. The van der Waals surface area contributed by atoms with Crippen molar-refractivity contribution in [1.29, 1.82) is 0 Å². The molecule has 0 saturated heterocycles. The fourth-order valence-electron chi connectivity index (χ4n) is 2.38. The number of carbonyl (C=O) groups excluding carboxylic acids is 1. The van der Waals surface area contributed by atoms with Crippen molar-refractivity contribution in [3.63, 3.8) is 0 Å².